The largest absolute Gasteiger partial charge is 0.339 e. The topological polar surface area (TPSA) is 33.2 Å². The van der Waals surface area contributed by atoms with Gasteiger partial charge in [0.15, 0.2) is 0 Å². The van der Waals surface area contributed by atoms with Crippen LogP contribution in [0.2, 0.25) is 0 Å². The van der Waals surface area contributed by atoms with E-state index in [0.29, 0.717) is 5.56 Å². The zero-order chi connectivity index (χ0) is 13.0. The van der Waals surface area contributed by atoms with Gasteiger partial charge in [-0.15, -0.1) is 0 Å². The Kier molecular flexibility index (Phi) is 4.28. The summed E-state index contributed by atoms with van der Waals surface area (Å²) >= 11 is 0. The third-order valence-electron chi connectivity index (χ3n) is 3.69. The van der Waals surface area contributed by atoms with Crippen molar-refractivity contribution in [3.63, 3.8) is 0 Å². The molecular formula is C14H19FN2O. The van der Waals surface area contributed by atoms with Crippen LogP contribution in [0.5, 0.6) is 0 Å². The Hall–Kier alpha value is -1.45. The normalized spacial score (nSPS) is 20.6. The third kappa shape index (κ3) is 3.06. The predicted molar refractivity (Wildman–Crippen MR) is 67.7 cm³/mol. The van der Waals surface area contributed by atoms with Crippen LogP contribution in [0.4, 0.5) is 4.39 Å². The first-order valence-corrected chi connectivity index (χ1v) is 6.61. The number of hydrogen-bond donors (Lipinski definition) is 0. The Bertz CT molecular complexity index is 422. The van der Waals surface area contributed by atoms with Gasteiger partial charge in [0, 0.05) is 30.9 Å². The molecule has 1 amide bonds. The van der Waals surface area contributed by atoms with Crippen molar-refractivity contribution in [2.24, 2.45) is 5.92 Å². The van der Waals surface area contributed by atoms with E-state index in [0.717, 1.165) is 31.8 Å². The van der Waals surface area contributed by atoms with Crippen LogP contribution in [0.25, 0.3) is 0 Å². The molecule has 0 saturated carbocycles. The number of carbonyl (C=O) groups excluding carboxylic acids is 1. The van der Waals surface area contributed by atoms with Gasteiger partial charge < -0.3 is 4.90 Å². The summed E-state index contributed by atoms with van der Waals surface area (Å²) in [6.45, 7) is 3.75. The number of carbonyl (C=O) groups is 1. The van der Waals surface area contributed by atoms with Crippen LogP contribution in [0, 0.1) is 11.9 Å². The summed E-state index contributed by atoms with van der Waals surface area (Å²) in [6, 6.07) is 2.79. The van der Waals surface area contributed by atoms with Crippen LogP contribution in [0.1, 0.15) is 43.0 Å². The molecule has 4 heteroatoms. The third-order valence-corrected chi connectivity index (χ3v) is 3.69. The molecule has 1 aromatic rings. The maximum absolute atomic E-state index is 13.0. The van der Waals surface area contributed by atoms with Gasteiger partial charge in [-0.1, -0.05) is 13.3 Å². The second-order valence-corrected chi connectivity index (χ2v) is 4.86. The van der Waals surface area contributed by atoms with Crippen LogP contribution < -0.4 is 0 Å². The van der Waals surface area contributed by atoms with Gasteiger partial charge in [0.05, 0.1) is 0 Å². The molecule has 1 aliphatic heterocycles. The SMILES string of the molecule is CCC1CCCN(C(=O)c2ccnc(F)c2)CC1. The van der Waals surface area contributed by atoms with Gasteiger partial charge in [0.1, 0.15) is 0 Å². The molecule has 98 valence electrons. The molecular weight excluding hydrogens is 231 g/mol. The van der Waals surface area contributed by atoms with Crippen molar-refractivity contribution in [1.82, 2.24) is 9.88 Å². The predicted octanol–water partition coefficient (Wildman–Crippen LogP) is 2.87. The number of rotatable bonds is 2. The average molecular weight is 250 g/mol. The molecule has 3 nitrogen and oxygen atoms in total. The first kappa shape index (κ1) is 13.0. The van der Waals surface area contributed by atoms with Gasteiger partial charge in [0.25, 0.3) is 5.91 Å². The van der Waals surface area contributed by atoms with E-state index in [2.05, 4.69) is 11.9 Å². The molecule has 0 radical (unpaired) electrons. The van der Waals surface area contributed by atoms with Crippen molar-refractivity contribution >= 4 is 5.91 Å². The Morgan fingerprint density at radius 3 is 3.06 bits per heavy atom. The average Bonchev–Trinajstić information content (AvgIpc) is 2.63. The van der Waals surface area contributed by atoms with Crippen LogP contribution >= 0.6 is 0 Å². The van der Waals surface area contributed by atoms with Gasteiger partial charge in [-0.25, -0.2) is 4.98 Å². The Labute approximate surface area is 107 Å². The van der Waals surface area contributed by atoms with Crippen LogP contribution in [-0.2, 0) is 0 Å². The summed E-state index contributed by atoms with van der Waals surface area (Å²) in [5.41, 5.74) is 0.400. The van der Waals surface area contributed by atoms with Gasteiger partial charge in [-0.05, 0) is 31.2 Å². The van der Waals surface area contributed by atoms with E-state index in [-0.39, 0.29) is 5.91 Å². The highest BCUT2D eigenvalue weighted by atomic mass is 19.1. The van der Waals surface area contributed by atoms with Gasteiger partial charge in [0.2, 0.25) is 5.95 Å². The molecule has 1 aliphatic rings. The molecule has 2 rings (SSSR count). The number of pyridine rings is 1. The maximum atomic E-state index is 13.0. The lowest BCUT2D eigenvalue weighted by Crippen LogP contribution is -2.32. The Balaban J connectivity index is 2.05. The van der Waals surface area contributed by atoms with E-state index >= 15 is 0 Å². The monoisotopic (exact) mass is 250 g/mol. The molecule has 18 heavy (non-hydrogen) atoms. The molecule has 1 fully saturated rings. The number of amides is 1. The van der Waals surface area contributed by atoms with E-state index in [9.17, 15) is 9.18 Å². The fourth-order valence-corrected chi connectivity index (χ4v) is 2.49. The zero-order valence-electron chi connectivity index (χ0n) is 10.7. The van der Waals surface area contributed by atoms with Gasteiger partial charge >= 0.3 is 0 Å². The smallest absolute Gasteiger partial charge is 0.254 e. The summed E-state index contributed by atoms with van der Waals surface area (Å²) in [7, 11) is 0. The summed E-state index contributed by atoms with van der Waals surface area (Å²) in [5.74, 6) is 0.0483. The lowest BCUT2D eigenvalue weighted by atomic mass is 9.98. The number of halogens is 1. The van der Waals surface area contributed by atoms with Crippen molar-refractivity contribution < 1.29 is 9.18 Å². The Morgan fingerprint density at radius 2 is 2.33 bits per heavy atom. The van der Waals surface area contributed by atoms with Crippen LogP contribution in [-0.4, -0.2) is 28.9 Å². The lowest BCUT2D eigenvalue weighted by molar-refractivity contribution is 0.0759. The molecule has 0 aliphatic carbocycles. The number of nitrogens with zero attached hydrogens (tertiary/aromatic N) is 2. The highest BCUT2D eigenvalue weighted by Gasteiger charge is 2.21. The van der Waals surface area contributed by atoms with Gasteiger partial charge in [-0.2, -0.15) is 4.39 Å². The number of hydrogen-bond acceptors (Lipinski definition) is 2. The number of likely N-dealkylation sites (tertiary alicyclic amines) is 1. The first-order valence-electron chi connectivity index (χ1n) is 6.61. The summed E-state index contributed by atoms with van der Waals surface area (Å²) in [5, 5.41) is 0. The van der Waals surface area contributed by atoms with Gasteiger partial charge in [-0.3, -0.25) is 4.79 Å². The van der Waals surface area contributed by atoms with Crippen molar-refractivity contribution in [2.45, 2.75) is 32.6 Å². The summed E-state index contributed by atoms with van der Waals surface area (Å²) in [6.07, 6.45) is 5.79. The highest BCUT2D eigenvalue weighted by Crippen LogP contribution is 2.21. The van der Waals surface area contributed by atoms with Crippen molar-refractivity contribution in [3.8, 4) is 0 Å². The molecule has 1 unspecified atom stereocenters. The quantitative estimate of drug-likeness (QED) is 0.756. The van der Waals surface area contributed by atoms with Crippen molar-refractivity contribution in [3.05, 3.63) is 29.8 Å². The second-order valence-electron chi connectivity index (χ2n) is 4.86. The highest BCUT2D eigenvalue weighted by molar-refractivity contribution is 5.94. The van der Waals surface area contributed by atoms with E-state index in [1.165, 1.54) is 25.1 Å². The Morgan fingerprint density at radius 1 is 1.50 bits per heavy atom. The van der Waals surface area contributed by atoms with E-state index in [4.69, 9.17) is 0 Å². The molecule has 0 bridgehead atoms. The zero-order valence-corrected chi connectivity index (χ0v) is 10.7. The van der Waals surface area contributed by atoms with Crippen LogP contribution in [0.3, 0.4) is 0 Å². The number of aromatic nitrogens is 1. The van der Waals surface area contributed by atoms with E-state index < -0.39 is 5.95 Å². The molecule has 0 aromatic carbocycles. The molecule has 1 atom stereocenters. The summed E-state index contributed by atoms with van der Waals surface area (Å²) < 4.78 is 13.0. The van der Waals surface area contributed by atoms with Crippen molar-refractivity contribution in [1.29, 1.82) is 0 Å². The maximum Gasteiger partial charge on any atom is 0.254 e. The minimum absolute atomic E-state index is 0.0759. The van der Waals surface area contributed by atoms with Crippen LogP contribution in [0.15, 0.2) is 18.3 Å². The summed E-state index contributed by atoms with van der Waals surface area (Å²) in [4.78, 5) is 17.5. The molecule has 0 N–H and O–H groups in total. The second kappa shape index (κ2) is 5.94. The fourth-order valence-electron chi connectivity index (χ4n) is 2.49. The van der Waals surface area contributed by atoms with E-state index in [1.807, 2.05) is 4.90 Å². The van der Waals surface area contributed by atoms with E-state index in [1.54, 1.807) is 6.07 Å². The lowest BCUT2D eigenvalue weighted by Gasteiger charge is -2.20. The first-order chi connectivity index (χ1) is 8.70. The fraction of sp³-hybridized carbons (Fsp3) is 0.571. The minimum atomic E-state index is -0.595. The standard InChI is InChI=1S/C14H19FN2O/c1-2-11-4-3-8-17(9-6-11)14(18)12-5-7-16-13(15)10-12/h5,7,10-11H,2-4,6,8-9H2,1H3. The molecule has 1 aromatic heterocycles. The molecule has 0 spiro atoms. The minimum Gasteiger partial charge on any atom is -0.339 e. The molecule has 2 heterocycles. The van der Waals surface area contributed by atoms with Crippen molar-refractivity contribution in [2.75, 3.05) is 13.1 Å². The molecule has 1 saturated heterocycles.